The van der Waals surface area contributed by atoms with E-state index in [1.165, 1.54) is 6.08 Å². The van der Waals surface area contributed by atoms with Gasteiger partial charge in [0.05, 0.1) is 6.54 Å². The van der Waals surface area contributed by atoms with Gasteiger partial charge in [-0.25, -0.2) is 18.6 Å². The van der Waals surface area contributed by atoms with E-state index in [0.29, 0.717) is 24.2 Å². The second-order valence-corrected chi connectivity index (χ2v) is 6.52. The first kappa shape index (κ1) is 19.5. The summed E-state index contributed by atoms with van der Waals surface area (Å²) in [4.78, 5) is 25.5. The summed E-state index contributed by atoms with van der Waals surface area (Å²) in [7, 11) is 0. The molecule has 2 aromatic rings. The first-order chi connectivity index (χ1) is 13.4. The molecular formula is C19H20F2N4O3. The molecule has 0 radical (unpaired) electrons. The number of aryl methyl sites for hydroxylation is 1. The first-order valence-corrected chi connectivity index (χ1v) is 8.79. The molecule has 0 aliphatic carbocycles. The van der Waals surface area contributed by atoms with Crippen LogP contribution in [0, 0.1) is 0 Å². The number of aromatic nitrogens is 2. The summed E-state index contributed by atoms with van der Waals surface area (Å²) in [5, 5.41) is 14.9. The fourth-order valence-electron chi connectivity index (χ4n) is 3.00. The molecule has 0 spiro atoms. The van der Waals surface area contributed by atoms with Crippen LogP contribution >= 0.6 is 0 Å². The van der Waals surface area contributed by atoms with E-state index in [1.807, 2.05) is 22.9 Å². The molecule has 1 aliphatic rings. The second-order valence-electron chi connectivity index (χ2n) is 6.52. The molecule has 0 unspecified atom stereocenters. The zero-order valence-corrected chi connectivity index (χ0v) is 15.0. The van der Waals surface area contributed by atoms with Gasteiger partial charge in [-0.1, -0.05) is 0 Å². The van der Waals surface area contributed by atoms with Crippen LogP contribution in [0.2, 0.25) is 0 Å². The van der Waals surface area contributed by atoms with Crippen LogP contribution in [0.1, 0.15) is 18.4 Å². The minimum Gasteiger partial charge on any atom is -0.477 e. The van der Waals surface area contributed by atoms with Crippen molar-refractivity contribution in [3.63, 3.8) is 0 Å². The van der Waals surface area contributed by atoms with Crippen LogP contribution in [-0.2, 0) is 16.0 Å². The van der Waals surface area contributed by atoms with Crippen molar-refractivity contribution in [1.82, 2.24) is 20.2 Å². The minimum atomic E-state index is -2.86. The molecule has 28 heavy (non-hydrogen) atoms. The third-order valence-corrected chi connectivity index (χ3v) is 4.52. The highest BCUT2D eigenvalue weighted by Gasteiger charge is 2.27. The second kappa shape index (κ2) is 8.20. The van der Waals surface area contributed by atoms with Gasteiger partial charge >= 0.3 is 5.97 Å². The number of carbonyl (C=O) groups is 2. The third kappa shape index (κ3) is 4.54. The Kier molecular flexibility index (Phi) is 5.72. The van der Waals surface area contributed by atoms with E-state index in [-0.39, 0.29) is 25.1 Å². The van der Waals surface area contributed by atoms with Gasteiger partial charge < -0.3 is 20.3 Å². The van der Waals surface area contributed by atoms with E-state index in [2.05, 4.69) is 15.6 Å². The summed E-state index contributed by atoms with van der Waals surface area (Å²) in [6.07, 6.45) is 6.46. The molecule has 9 heteroatoms. The molecule has 3 N–H and O–H groups in total. The van der Waals surface area contributed by atoms with Crippen LogP contribution in [0.15, 0.2) is 42.4 Å². The molecule has 0 saturated heterocycles. The Balaban J connectivity index is 1.71. The monoisotopic (exact) mass is 390 g/mol. The lowest BCUT2D eigenvalue weighted by molar-refractivity contribution is -0.133. The number of fused-ring (bicyclic) bond motifs is 1. The Morgan fingerprint density at radius 3 is 2.89 bits per heavy atom. The van der Waals surface area contributed by atoms with E-state index in [4.69, 9.17) is 5.11 Å². The maximum absolute atomic E-state index is 13.8. The van der Waals surface area contributed by atoms with Crippen molar-refractivity contribution in [1.29, 1.82) is 0 Å². The van der Waals surface area contributed by atoms with Crippen LogP contribution in [-0.4, -0.2) is 46.0 Å². The molecule has 7 nitrogen and oxygen atoms in total. The molecule has 0 bridgehead atoms. The standard InChI is InChI=1S/C19H20F2N4O3/c20-19(21,6-7-22-12-26)5-3-13-9-14-4-8-25(17(14)24-10-13)15-1-2-16(18(27)28)23-11-15/h1-2,4,8-10,12,23H,3,5-7,11H2,(H,22,26)(H,27,28). The number of carboxylic acids is 1. The molecule has 0 fully saturated rings. The van der Waals surface area contributed by atoms with Gasteiger partial charge in [0.2, 0.25) is 12.3 Å². The quantitative estimate of drug-likeness (QED) is 0.450. The largest absolute Gasteiger partial charge is 0.477 e. The van der Waals surface area contributed by atoms with Gasteiger partial charge in [-0.15, -0.1) is 0 Å². The molecule has 1 aliphatic heterocycles. The number of nitrogens with zero attached hydrogens (tertiary/aromatic N) is 2. The summed E-state index contributed by atoms with van der Waals surface area (Å²) >= 11 is 0. The highest BCUT2D eigenvalue weighted by molar-refractivity contribution is 5.88. The Labute approximate surface area is 159 Å². The number of aliphatic carboxylic acids is 1. The van der Waals surface area contributed by atoms with Crippen LogP contribution in [0.3, 0.4) is 0 Å². The Morgan fingerprint density at radius 2 is 2.21 bits per heavy atom. The van der Waals surface area contributed by atoms with Gasteiger partial charge in [0, 0.05) is 42.9 Å². The Bertz CT molecular complexity index is 950. The molecule has 0 saturated carbocycles. The van der Waals surface area contributed by atoms with Crippen molar-refractivity contribution in [3.05, 3.63) is 47.9 Å². The molecular weight excluding hydrogens is 370 g/mol. The van der Waals surface area contributed by atoms with Crippen LogP contribution in [0.5, 0.6) is 0 Å². The van der Waals surface area contributed by atoms with Crippen LogP contribution in [0.25, 0.3) is 16.7 Å². The predicted octanol–water partition coefficient (Wildman–Crippen LogP) is 2.15. The van der Waals surface area contributed by atoms with Crippen molar-refractivity contribution < 1.29 is 23.5 Å². The fourth-order valence-corrected chi connectivity index (χ4v) is 3.00. The lowest BCUT2D eigenvalue weighted by atomic mass is 10.0. The van der Waals surface area contributed by atoms with Crippen molar-refractivity contribution in [3.8, 4) is 0 Å². The number of nitrogens with one attached hydrogen (secondary N) is 2. The van der Waals surface area contributed by atoms with Gasteiger partial charge in [-0.2, -0.15) is 0 Å². The zero-order valence-electron chi connectivity index (χ0n) is 15.0. The molecule has 3 rings (SSSR count). The highest BCUT2D eigenvalue weighted by Crippen LogP contribution is 2.26. The van der Waals surface area contributed by atoms with Crippen molar-refractivity contribution >= 4 is 29.1 Å². The number of hydrogen-bond donors (Lipinski definition) is 3. The molecule has 2 aromatic heterocycles. The third-order valence-electron chi connectivity index (χ3n) is 4.52. The summed E-state index contributed by atoms with van der Waals surface area (Å²) in [5.41, 5.74) is 2.33. The van der Waals surface area contributed by atoms with Crippen molar-refractivity contribution in [2.75, 3.05) is 13.1 Å². The Morgan fingerprint density at radius 1 is 1.39 bits per heavy atom. The molecule has 0 atom stereocenters. The van der Waals surface area contributed by atoms with Gasteiger partial charge in [-0.3, -0.25) is 4.79 Å². The SMILES string of the molecule is O=CNCCC(F)(F)CCc1cnc2c(ccn2C2=CC=C(C(=O)O)NC2)c1. The normalized spacial score (nSPS) is 14.2. The maximum atomic E-state index is 13.8. The number of rotatable bonds is 9. The fraction of sp³-hybridized carbons (Fsp3) is 0.316. The number of carbonyl (C=O) groups excluding carboxylic acids is 1. The molecule has 148 valence electrons. The van der Waals surface area contributed by atoms with Crippen molar-refractivity contribution in [2.45, 2.75) is 25.2 Å². The average Bonchev–Trinajstić information content (AvgIpc) is 3.10. The summed E-state index contributed by atoms with van der Waals surface area (Å²) < 4.78 is 29.5. The number of halogens is 2. The van der Waals surface area contributed by atoms with Gasteiger partial charge in [-0.05, 0) is 36.3 Å². The Hall–Kier alpha value is -3.23. The summed E-state index contributed by atoms with van der Waals surface area (Å²) in [6, 6.07) is 3.67. The molecule has 1 amide bonds. The number of amides is 1. The minimum absolute atomic E-state index is 0.0577. The van der Waals surface area contributed by atoms with E-state index in [9.17, 15) is 18.4 Å². The topological polar surface area (TPSA) is 96.2 Å². The van der Waals surface area contributed by atoms with Crippen LogP contribution < -0.4 is 10.6 Å². The number of dihydropyridines is 1. The number of allylic oxidation sites excluding steroid dienone is 2. The van der Waals surface area contributed by atoms with Gasteiger partial charge in [0.25, 0.3) is 0 Å². The molecule has 3 heterocycles. The van der Waals surface area contributed by atoms with Crippen LogP contribution in [0.4, 0.5) is 8.78 Å². The maximum Gasteiger partial charge on any atom is 0.351 e. The first-order valence-electron chi connectivity index (χ1n) is 8.79. The van der Waals surface area contributed by atoms with Gasteiger partial charge in [0.15, 0.2) is 0 Å². The number of alkyl halides is 2. The smallest absolute Gasteiger partial charge is 0.351 e. The van der Waals surface area contributed by atoms with Gasteiger partial charge in [0.1, 0.15) is 11.3 Å². The van der Waals surface area contributed by atoms with E-state index in [0.717, 1.165) is 11.1 Å². The van der Waals surface area contributed by atoms with E-state index in [1.54, 1.807) is 12.3 Å². The van der Waals surface area contributed by atoms with E-state index >= 15 is 0 Å². The summed E-state index contributed by atoms with van der Waals surface area (Å²) in [5.74, 6) is -3.88. The average molecular weight is 390 g/mol. The highest BCUT2D eigenvalue weighted by atomic mass is 19.3. The summed E-state index contributed by atoms with van der Waals surface area (Å²) in [6.45, 7) is 0.282. The lowest BCUT2D eigenvalue weighted by Crippen LogP contribution is -2.26. The number of hydrogen-bond acceptors (Lipinski definition) is 4. The number of carboxylic acid groups (broad SMARTS) is 1. The molecule has 0 aromatic carbocycles. The zero-order chi connectivity index (χ0) is 20.1. The van der Waals surface area contributed by atoms with Crippen molar-refractivity contribution in [2.24, 2.45) is 0 Å². The van der Waals surface area contributed by atoms with E-state index < -0.39 is 18.3 Å². The predicted molar refractivity (Wildman–Crippen MR) is 99.7 cm³/mol. The number of pyridine rings is 1. The lowest BCUT2D eigenvalue weighted by Gasteiger charge is -2.17.